The summed E-state index contributed by atoms with van der Waals surface area (Å²) in [7, 11) is 0. The van der Waals surface area contributed by atoms with Crippen molar-refractivity contribution < 1.29 is 0 Å². The summed E-state index contributed by atoms with van der Waals surface area (Å²) in [6.07, 6.45) is 0. The summed E-state index contributed by atoms with van der Waals surface area (Å²) in [5.41, 5.74) is 8.58. The van der Waals surface area contributed by atoms with Crippen LogP contribution in [0.5, 0.6) is 0 Å². The van der Waals surface area contributed by atoms with E-state index in [1.165, 1.54) is 0 Å². The fraction of sp³-hybridized carbons (Fsp3) is 0. The maximum atomic E-state index is 5.25. The number of rotatable bonds is 4. The third kappa shape index (κ3) is 3.86. The van der Waals surface area contributed by atoms with Crippen molar-refractivity contribution in [3.8, 4) is 39.7 Å². The van der Waals surface area contributed by atoms with Crippen LogP contribution >= 0.6 is 0 Å². The lowest BCUT2D eigenvalue weighted by molar-refractivity contribution is 0.999. The smallest absolute Gasteiger partial charge is 0.237 e. The molecule has 0 unspecified atom stereocenters. The van der Waals surface area contributed by atoms with Crippen LogP contribution in [0.15, 0.2) is 140 Å². The third-order valence-electron chi connectivity index (χ3n) is 7.44. The van der Waals surface area contributed by atoms with Crippen LogP contribution in [0.25, 0.3) is 72.7 Å². The van der Waals surface area contributed by atoms with Gasteiger partial charge < -0.3 is 0 Å². The van der Waals surface area contributed by atoms with E-state index >= 15 is 0 Å². The Morgan fingerprint density at radius 2 is 0.805 bits per heavy atom. The van der Waals surface area contributed by atoms with E-state index in [-0.39, 0.29) is 0 Å². The van der Waals surface area contributed by atoms with Gasteiger partial charge in [-0.1, -0.05) is 127 Å². The average Bonchev–Trinajstić information content (AvgIpc) is 3.39. The van der Waals surface area contributed by atoms with E-state index < -0.39 is 0 Å². The molecule has 5 nitrogen and oxygen atoms in total. The molecule has 0 spiro atoms. The third-order valence-corrected chi connectivity index (χ3v) is 7.44. The second-order valence-corrected chi connectivity index (χ2v) is 9.93. The maximum Gasteiger partial charge on any atom is 0.237 e. The molecule has 0 saturated carbocycles. The van der Waals surface area contributed by atoms with Crippen molar-refractivity contribution in [3.05, 3.63) is 140 Å². The molecule has 0 radical (unpaired) electrons. The van der Waals surface area contributed by atoms with Gasteiger partial charge in [0.15, 0.2) is 5.65 Å². The Balaban J connectivity index is 1.50. The van der Waals surface area contributed by atoms with Crippen LogP contribution < -0.4 is 0 Å². The van der Waals surface area contributed by atoms with Gasteiger partial charge in [-0.25, -0.2) is 15.0 Å². The fourth-order valence-corrected chi connectivity index (χ4v) is 5.57. The number of para-hydroxylation sites is 2. The van der Waals surface area contributed by atoms with E-state index in [9.17, 15) is 0 Å². The highest BCUT2D eigenvalue weighted by atomic mass is 15.2. The number of aromatic nitrogens is 5. The van der Waals surface area contributed by atoms with Crippen molar-refractivity contribution in [2.75, 3.05) is 0 Å². The molecular weight excluding hydrogens is 502 g/mol. The van der Waals surface area contributed by atoms with Gasteiger partial charge in [-0.2, -0.15) is 4.98 Å². The van der Waals surface area contributed by atoms with Crippen molar-refractivity contribution in [2.45, 2.75) is 0 Å². The Morgan fingerprint density at radius 3 is 1.34 bits per heavy atom. The zero-order valence-electron chi connectivity index (χ0n) is 22.0. The van der Waals surface area contributed by atoms with Gasteiger partial charge in [0.25, 0.3) is 0 Å². The van der Waals surface area contributed by atoms with Crippen LogP contribution in [0, 0.1) is 0 Å². The zero-order valence-corrected chi connectivity index (χ0v) is 22.0. The summed E-state index contributed by atoms with van der Waals surface area (Å²) in [6, 6.07) is 47.3. The molecule has 3 aromatic heterocycles. The van der Waals surface area contributed by atoms with Crippen molar-refractivity contribution in [1.82, 2.24) is 24.5 Å². The van der Waals surface area contributed by atoms with Gasteiger partial charge in [0, 0.05) is 27.5 Å². The largest absolute Gasteiger partial charge is 0.278 e. The number of hydrogen-bond acceptors (Lipinski definition) is 4. The molecule has 41 heavy (non-hydrogen) atoms. The Labute approximate surface area is 236 Å². The highest BCUT2D eigenvalue weighted by molar-refractivity contribution is 6.09. The molecule has 0 aliphatic carbocycles. The molecule has 8 aromatic rings. The molecule has 0 N–H and O–H groups in total. The van der Waals surface area contributed by atoms with Crippen LogP contribution in [0.2, 0.25) is 0 Å². The molecule has 0 amide bonds. The minimum absolute atomic E-state index is 0.550. The first kappa shape index (κ1) is 23.2. The molecule has 3 heterocycles. The van der Waals surface area contributed by atoms with Crippen LogP contribution in [-0.2, 0) is 0 Å². The highest BCUT2D eigenvalue weighted by Crippen LogP contribution is 2.35. The molecular formula is C36H23N5. The molecule has 5 aromatic carbocycles. The van der Waals surface area contributed by atoms with Gasteiger partial charge in [0.1, 0.15) is 11.2 Å². The van der Waals surface area contributed by atoms with Crippen molar-refractivity contribution >= 4 is 33.0 Å². The minimum Gasteiger partial charge on any atom is -0.278 e. The van der Waals surface area contributed by atoms with Crippen LogP contribution in [0.1, 0.15) is 0 Å². The lowest BCUT2D eigenvalue weighted by Gasteiger charge is -2.14. The topological polar surface area (TPSA) is 56.5 Å². The second kappa shape index (κ2) is 9.50. The molecule has 0 aliphatic heterocycles. The molecule has 5 heteroatoms. The van der Waals surface area contributed by atoms with Gasteiger partial charge in [-0.3, -0.25) is 4.57 Å². The normalized spacial score (nSPS) is 11.4. The molecule has 0 aliphatic rings. The summed E-state index contributed by atoms with van der Waals surface area (Å²) in [6.45, 7) is 0. The molecule has 0 atom stereocenters. The quantitative estimate of drug-likeness (QED) is 0.231. The summed E-state index contributed by atoms with van der Waals surface area (Å²) >= 11 is 0. The van der Waals surface area contributed by atoms with Gasteiger partial charge in [0.05, 0.1) is 22.4 Å². The van der Waals surface area contributed by atoms with E-state index in [1.807, 2.05) is 54.6 Å². The van der Waals surface area contributed by atoms with E-state index in [4.69, 9.17) is 19.9 Å². The Morgan fingerprint density at radius 1 is 0.366 bits per heavy atom. The SMILES string of the molecule is c1ccc(-c2nc3nc(-n4c5ccccc5c5ccccc54)nc(-c4ccccc4)c3nc2-c2ccccc2)cc1. The van der Waals surface area contributed by atoms with Gasteiger partial charge >= 0.3 is 0 Å². The Kier molecular flexibility index (Phi) is 5.38. The van der Waals surface area contributed by atoms with E-state index in [1.54, 1.807) is 0 Å². The second-order valence-electron chi connectivity index (χ2n) is 9.93. The first-order valence-electron chi connectivity index (χ1n) is 13.6. The zero-order chi connectivity index (χ0) is 27.2. The van der Waals surface area contributed by atoms with Gasteiger partial charge in [-0.15, -0.1) is 0 Å². The van der Waals surface area contributed by atoms with E-state index in [2.05, 4.69) is 89.5 Å². The highest BCUT2D eigenvalue weighted by Gasteiger charge is 2.21. The van der Waals surface area contributed by atoms with E-state index in [0.717, 1.165) is 55.6 Å². The average molecular weight is 526 g/mol. The lowest BCUT2D eigenvalue weighted by atomic mass is 10.0. The first-order valence-corrected chi connectivity index (χ1v) is 13.6. The minimum atomic E-state index is 0.550. The van der Waals surface area contributed by atoms with Crippen molar-refractivity contribution in [2.24, 2.45) is 0 Å². The van der Waals surface area contributed by atoms with Gasteiger partial charge in [-0.05, 0) is 12.1 Å². The van der Waals surface area contributed by atoms with Crippen LogP contribution in [-0.4, -0.2) is 24.5 Å². The van der Waals surface area contributed by atoms with Crippen LogP contribution in [0.4, 0.5) is 0 Å². The summed E-state index contributed by atoms with van der Waals surface area (Å²) < 4.78 is 2.13. The first-order chi connectivity index (χ1) is 20.3. The molecule has 0 fully saturated rings. The number of nitrogens with zero attached hydrogens (tertiary/aromatic N) is 5. The maximum absolute atomic E-state index is 5.25. The van der Waals surface area contributed by atoms with Crippen LogP contribution in [0.3, 0.4) is 0 Å². The summed E-state index contributed by atoms with van der Waals surface area (Å²) in [5, 5.41) is 2.31. The standard InChI is InChI=1S/C36H23N5/c1-4-14-24(15-5-1)31-32(25-16-6-2-7-17-25)38-35-34(37-31)33(26-18-8-3-9-19-26)39-36(40-35)41-29-22-12-10-20-27(29)28-21-11-13-23-30(28)41/h1-23H. The number of benzene rings is 5. The molecule has 192 valence electrons. The Bertz CT molecular complexity index is 2130. The molecule has 0 saturated heterocycles. The predicted molar refractivity (Wildman–Crippen MR) is 166 cm³/mol. The lowest BCUT2D eigenvalue weighted by Crippen LogP contribution is -2.06. The summed E-state index contributed by atoms with van der Waals surface area (Å²) in [4.78, 5) is 20.8. The van der Waals surface area contributed by atoms with Gasteiger partial charge in [0.2, 0.25) is 5.95 Å². The fourth-order valence-electron chi connectivity index (χ4n) is 5.57. The van der Waals surface area contributed by atoms with E-state index in [0.29, 0.717) is 17.1 Å². The predicted octanol–water partition coefficient (Wildman–Crippen LogP) is 8.52. The summed E-state index contributed by atoms with van der Waals surface area (Å²) in [5.74, 6) is 0.564. The monoisotopic (exact) mass is 525 g/mol. The van der Waals surface area contributed by atoms with Crippen molar-refractivity contribution in [1.29, 1.82) is 0 Å². The number of hydrogen-bond donors (Lipinski definition) is 0. The number of fused-ring (bicyclic) bond motifs is 4. The van der Waals surface area contributed by atoms with Crippen molar-refractivity contribution in [3.63, 3.8) is 0 Å². The Hall–Kier alpha value is -5.68. The molecule has 8 rings (SSSR count). The molecule has 0 bridgehead atoms.